The number of nitrogens with zero attached hydrogens (tertiary/aromatic N) is 1. The summed E-state index contributed by atoms with van der Waals surface area (Å²) in [6, 6.07) is 0. The van der Waals surface area contributed by atoms with E-state index < -0.39 is 0 Å². The highest BCUT2D eigenvalue weighted by Crippen LogP contribution is 2.29. The van der Waals surface area contributed by atoms with Crippen LogP contribution in [0.5, 0.6) is 0 Å². The van der Waals surface area contributed by atoms with Crippen LogP contribution in [0.25, 0.3) is 0 Å². The fraction of sp³-hybridized carbons (Fsp3) is 0.923. The summed E-state index contributed by atoms with van der Waals surface area (Å²) < 4.78 is 5.62. The highest BCUT2D eigenvalue weighted by molar-refractivity contribution is 5.75. The summed E-state index contributed by atoms with van der Waals surface area (Å²) in [5.41, 5.74) is 5.77. The summed E-state index contributed by atoms with van der Waals surface area (Å²) in [5, 5.41) is 0. The van der Waals surface area contributed by atoms with E-state index >= 15 is 0 Å². The monoisotopic (exact) mass is 242 g/mol. The molecule has 1 fully saturated rings. The third-order valence-corrected chi connectivity index (χ3v) is 3.66. The van der Waals surface area contributed by atoms with Crippen molar-refractivity contribution in [2.45, 2.75) is 32.1 Å². The first-order valence-corrected chi connectivity index (χ1v) is 6.63. The van der Waals surface area contributed by atoms with Crippen molar-refractivity contribution in [2.24, 2.45) is 17.6 Å². The number of carbonyl (C=O) groups excluding carboxylic acids is 1. The molecular weight excluding hydrogens is 216 g/mol. The zero-order valence-electron chi connectivity index (χ0n) is 11.2. The van der Waals surface area contributed by atoms with Crippen LogP contribution in [-0.2, 0) is 9.53 Å². The van der Waals surface area contributed by atoms with Crippen LogP contribution in [0, 0.1) is 11.8 Å². The van der Waals surface area contributed by atoms with E-state index in [1.54, 1.807) is 19.0 Å². The van der Waals surface area contributed by atoms with E-state index in [2.05, 4.69) is 0 Å². The Balaban J connectivity index is 2.14. The van der Waals surface area contributed by atoms with E-state index in [1.807, 2.05) is 0 Å². The molecule has 0 saturated heterocycles. The number of nitrogens with two attached hydrogens (primary N) is 1. The quantitative estimate of drug-likeness (QED) is 0.713. The molecule has 2 N–H and O–H groups in total. The Hall–Kier alpha value is -0.610. The number of hydrogen-bond acceptors (Lipinski definition) is 3. The van der Waals surface area contributed by atoms with Gasteiger partial charge in [-0.1, -0.05) is 12.8 Å². The normalized spacial score (nSPS) is 24.6. The lowest BCUT2D eigenvalue weighted by atomic mass is 9.80. The van der Waals surface area contributed by atoms with Crippen LogP contribution >= 0.6 is 0 Å². The Morgan fingerprint density at radius 2 is 1.94 bits per heavy atom. The largest absolute Gasteiger partial charge is 0.381 e. The van der Waals surface area contributed by atoms with Crippen LogP contribution < -0.4 is 5.73 Å². The molecule has 1 rings (SSSR count). The second-order valence-electron chi connectivity index (χ2n) is 5.15. The van der Waals surface area contributed by atoms with E-state index in [1.165, 1.54) is 25.7 Å². The van der Waals surface area contributed by atoms with Crippen molar-refractivity contribution in [3.63, 3.8) is 0 Å². The van der Waals surface area contributed by atoms with Crippen LogP contribution in [0.15, 0.2) is 0 Å². The molecule has 0 heterocycles. The van der Waals surface area contributed by atoms with Crippen LogP contribution in [0.4, 0.5) is 0 Å². The molecule has 0 aromatic carbocycles. The SMILES string of the molecule is CN(C)C(=O)CCOCC1CCCCC1CN. The average Bonchev–Trinajstić information content (AvgIpc) is 2.34. The molecule has 2 unspecified atom stereocenters. The molecule has 100 valence electrons. The van der Waals surface area contributed by atoms with Gasteiger partial charge in [0.25, 0.3) is 0 Å². The lowest BCUT2D eigenvalue weighted by molar-refractivity contribution is -0.130. The third-order valence-electron chi connectivity index (χ3n) is 3.66. The highest BCUT2D eigenvalue weighted by atomic mass is 16.5. The summed E-state index contributed by atoms with van der Waals surface area (Å²) >= 11 is 0. The maximum atomic E-state index is 11.3. The predicted molar refractivity (Wildman–Crippen MR) is 68.6 cm³/mol. The molecule has 1 saturated carbocycles. The topological polar surface area (TPSA) is 55.6 Å². The van der Waals surface area contributed by atoms with Gasteiger partial charge in [-0.15, -0.1) is 0 Å². The number of rotatable bonds is 6. The van der Waals surface area contributed by atoms with Crippen molar-refractivity contribution < 1.29 is 9.53 Å². The first-order valence-electron chi connectivity index (χ1n) is 6.63. The average molecular weight is 242 g/mol. The second-order valence-corrected chi connectivity index (χ2v) is 5.15. The van der Waals surface area contributed by atoms with Gasteiger partial charge < -0.3 is 15.4 Å². The molecule has 1 amide bonds. The maximum Gasteiger partial charge on any atom is 0.224 e. The Morgan fingerprint density at radius 1 is 1.29 bits per heavy atom. The van der Waals surface area contributed by atoms with Crippen molar-refractivity contribution in [3.8, 4) is 0 Å². The minimum absolute atomic E-state index is 0.129. The maximum absolute atomic E-state index is 11.3. The zero-order valence-corrected chi connectivity index (χ0v) is 11.2. The smallest absolute Gasteiger partial charge is 0.224 e. The van der Waals surface area contributed by atoms with Gasteiger partial charge in [-0.25, -0.2) is 0 Å². The molecule has 4 nitrogen and oxygen atoms in total. The third kappa shape index (κ3) is 5.04. The van der Waals surface area contributed by atoms with E-state index in [0.717, 1.165) is 13.2 Å². The number of hydrogen-bond donors (Lipinski definition) is 1. The van der Waals surface area contributed by atoms with Gasteiger partial charge in [0.15, 0.2) is 0 Å². The summed E-state index contributed by atoms with van der Waals surface area (Å²) in [7, 11) is 3.54. The molecule has 0 aromatic rings. The standard InChI is InChI=1S/C13H26N2O2/c1-15(2)13(16)7-8-17-10-12-6-4-3-5-11(12)9-14/h11-12H,3-10,14H2,1-2H3. The van der Waals surface area contributed by atoms with Crippen LogP contribution in [0.1, 0.15) is 32.1 Å². The summed E-state index contributed by atoms with van der Waals surface area (Å²) in [6.45, 7) is 2.07. The minimum Gasteiger partial charge on any atom is -0.381 e. The molecule has 0 aromatic heterocycles. The van der Waals surface area contributed by atoms with Crippen molar-refractivity contribution in [1.82, 2.24) is 4.90 Å². The summed E-state index contributed by atoms with van der Waals surface area (Å²) in [6.07, 6.45) is 5.54. The molecule has 0 spiro atoms. The van der Waals surface area contributed by atoms with Crippen LogP contribution in [0.3, 0.4) is 0 Å². The van der Waals surface area contributed by atoms with Gasteiger partial charge in [0, 0.05) is 20.7 Å². The van der Waals surface area contributed by atoms with Crippen molar-refractivity contribution in [3.05, 3.63) is 0 Å². The van der Waals surface area contributed by atoms with Gasteiger partial charge in [-0.2, -0.15) is 0 Å². The first-order chi connectivity index (χ1) is 8.15. The number of carbonyl (C=O) groups is 1. The molecule has 4 heteroatoms. The molecule has 17 heavy (non-hydrogen) atoms. The molecule has 1 aliphatic carbocycles. The van der Waals surface area contributed by atoms with Crippen molar-refractivity contribution >= 4 is 5.91 Å². The number of amides is 1. The van der Waals surface area contributed by atoms with Crippen LogP contribution in [-0.4, -0.2) is 44.7 Å². The molecule has 2 atom stereocenters. The molecule has 0 radical (unpaired) electrons. The second kappa shape index (κ2) is 7.67. The molecule has 0 bridgehead atoms. The molecule has 0 aliphatic heterocycles. The van der Waals surface area contributed by atoms with E-state index in [9.17, 15) is 4.79 Å². The van der Waals surface area contributed by atoms with Gasteiger partial charge in [0.2, 0.25) is 5.91 Å². The van der Waals surface area contributed by atoms with Gasteiger partial charge in [-0.3, -0.25) is 4.79 Å². The summed E-state index contributed by atoms with van der Waals surface area (Å²) in [4.78, 5) is 12.9. The lowest BCUT2D eigenvalue weighted by Gasteiger charge is -2.30. The van der Waals surface area contributed by atoms with Crippen molar-refractivity contribution in [1.29, 1.82) is 0 Å². The van der Waals surface area contributed by atoms with Gasteiger partial charge >= 0.3 is 0 Å². The number of ether oxygens (including phenoxy) is 1. The Bertz CT molecular complexity index is 231. The fourth-order valence-corrected chi connectivity index (χ4v) is 2.43. The minimum atomic E-state index is 0.129. The first kappa shape index (κ1) is 14.5. The van der Waals surface area contributed by atoms with Gasteiger partial charge in [0.05, 0.1) is 13.0 Å². The lowest BCUT2D eigenvalue weighted by Crippen LogP contribution is -2.30. The van der Waals surface area contributed by atoms with E-state index in [0.29, 0.717) is 24.9 Å². The highest BCUT2D eigenvalue weighted by Gasteiger charge is 2.23. The van der Waals surface area contributed by atoms with Gasteiger partial charge in [0.1, 0.15) is 0 Å². The van der Waals surface area contributed by atoms with Crippen molar-refractivity contribution in [2.75, 3.05) is 33.9 Å². The van der Waals surface area contributed by atoms with Gasteiger partial charge in [-0.05, 0) is 31.2 Å². The molecule has 1 aliphatic rings. The van der Waals surface area contributed by atoms with E-state index in [4.69, 9.17) is 10.5 Å². The Labute approximate surface area is 104 Å². The Kier molecular flexibility index (Phi) is 6.52. The zero-order chi connectivity index (χ0) is 12.7. The fourth-order valence-electron chi connectivity index (χ4n) is 2.43. The van der Waals surface area contributed by atoms with Crippen LogP contribution in [0.2, 0.25) is 0 Å². The Morgan fingerprint density at radius 3 is 2.53 bits per heavy atom. The molecular formula is C13H26N2O2. The summed E-state index contributed by atoms with van der Waals surface area (Å²) in [5.74, 6) is 1.35. The van der Waals surface area contributed by atoms with E-state index in [-0.39, 0.29) is 5.91 Å². The predicted octanol–water partition coefficient (Wildman–Crippen LogP) is 1.25.